The number of carbonyl (C=O) groups excluding carboxylic acids is 1. The Bertz CT molecular complexity index is 163. The van der Waals surface area contributed by atoms with E-state index >= 15 is 0 Å². The van der Waals surface area contributed by atoms with Crippen LogP contribution in [0.3, 0.4) is 0 Å². The van der Waals surface area contributed by atoms with Gasteiger partial charge in [-0.1, -0.05) is 19.1 Å². The van der Waals surface area contributed by atoms with Crippen molar-refractivity contribution in [3.63, 3.8) is 0 Å². The molecule has 0 aromatic carbocycles. The van der Waals surface area contributed by atoms with Crippen molar-refractivity contribution < 1.29 is 4.79 Å². The quantitative estimate of drug-likeness (QED) is 0.423. The Labute approximate surface area is 66.1 Å². The molecular formula is C8H11ClO. The minimum atomic E-state index is -0.219. The zero-order chi connectivity index (χ0) is 7.56. The Morgan fingerprint density at radius 1 is 1.50 bits per heavy atom. The first kappa shape index (κ1) is 7.80. The lowest BCUT2D eigenvalue weighted by Gasteiger charge is -2.16. The number of hydrogen-bond acceptors (Lipinski definition) is 1. The van der Waals surface area contributed by atoms with Crippen LogP contribution in [-0.2, 0) is 4.79 Å². The fourth-order valence-corrected chi connectivity index (χ4v) is 1.33. The lowest BCUT2D eigenvalue weighted by Crippen LogP contribution is -2.11. The fraction of sp³-hybridized carbons (Fsp3) is 0.625. The number of carbonyl (C=O) groups is 1. The second-order valence-electron chi connectivity index (χ2n) is 2.85. The highest BCUT2D eigenvalue weighted by molar-refractivity contribution is 6.64. The third-order valence-electron chi connectivity index (χ3n) is 1.90. The molecule has 0 bridgehead atoms. The van der Waals surface area contributed by atoms with Crippen LogP contribution in [0.1, 0.15) is 19.8 Å². The number of rotatable bonds is 1. The summed E-state index contributed by atoms with van der Waals surface area (Å²) < 4.78 is 0. The Kier molecular flexibility index (Phi) is 2.50. The largest absolute Gasteiger partial charge is 0.281 e. The minimum Gasteiger partial charge on any atom is -0.281 e. The average Bonchev–Trinajstić information content (AvgIpc) is 1.88. The minimum absolute atomic E-state index is 0.0159. The number of allylic oxidation sites excluding steroid dienone is 2. The zero-order valence-electron chi connectivity index (χ0n) is 6.01. The van der Waals surface area contributed by atoms with Crippen LogP contribution in [-0.4, -0.2) is 5.24 Å². The van der Waals surface area contributed by atoms with Crippen LogP contribution >= 0.6 is 11.6 Å². The Morgan fingerprint density at radius 3 is 2.60 bits per heavy atom. The van der Waals surface area contributed by atoms with E-state index in [1.165, 1.54) is 0 Å². The van der Waals surface area contributed by atoms with Crippen molar-refractivity contribution >= 4 is 16.8 Å². The smallest absolute Gasteiger partial charge is 0.228 e. The molecule has 2 atom stereocenters. The molecular weight excluding hydrogens is 148 g/mol. The second-order valence-corrected chi connectivity index (χ2v) is 3.22. The van der Waals surface area contributed by atoms with Crippen molar-refractivity contribution in [1.29, 1.82) is 0 Å². The van der Waals surface area contributed by atoms with Gasteiger partial charge in [0, 0.05) is 0 Å². The first-order chi connectivity index (χ1) is 4.70. The summed E-state index contributed by atoms with van der Waals surface area (Å²) in [5, 5.41) is -0.219. The topological polar surface area (TPSA) is 17.1 Å². The molecule has 2 heteroatoms. The molecule has 0 saturated heterocycles. The van der Waals surface area contributed by atoms with Gasteiger partial charge in [-0.25, -0.2) is 0 Å². The van der Waals surface area contributed by atoms with Crippen LogP contribution in [0.2, 0.25) is 0 Å². The van der Waals surface area contributed by atoms with E-state index < -0.39 is 0 Å². The monoisotopic (exact) mass is 158 g/mol. The molecule has 0 aromatic heterocycles. The van der Waals surface area contributed by atoms with Gasteiger partial charge >= 0.3 is 0 Å². The standard InChI is InChI=1S/C8H11ClO/c1-6-2-4-7(5-3-6)8(9)10/h2,4,6-7H,3,5H2,1H3/t6-,7-/m0/s1. The van der Waals surface area contributed by atoms with Crippen LogP contribution < -0.4 is 0 Å². The van der Waals surface area contributed by atoms with Gasteiger partial charge in [-0.2, -0.15) is 0 Å². The van der Waals surface area contributed by atoms with Gasteiger partial charge in [0.1, 0.15) is 0 Å². The molecule has 0 fully saturated rings. The molecule has 0 unspecified atom stereocenters. The van der Waals surface area contributed by atoms with Gasteiger partial charge in [0.25, 0.3) is 0 Å². The van der Waals surface area contributed by atoms with Crippen molar-refractivity contribution in [1.82, 2.24) is 0 Å². The molecule has 1 nitrogen and oxygen atoms in total. The third kappa shape index (κ3) is 1.84. The summed E-state index contributed by atoms with van der Waals surface area (Å²) in [5.74, 6) is 0.602. The van der Waals surface area contributed by atoms with Crippen molar-refractivity contribution in [2.24, 2.45) is 11.8 Å². The van der Waals surface area contributed by atoms with Crippen molar-refractivity contribution in [3.8, 4) is 0 Å². The first-order valence-electron chi connectivity index (χ1n) is 3.58. The molecule has 0 saturated carbocycles. The highest BCUT2D eigenvalue weighted by Crippen LogP contribution is 2.22. The Hall–Kier alpha value is -0.300. The Balaban J connectivity index is 2.53. The summed E-state index contributed by atoms with van der Waals surface area (Å²) in [6.45, 7) is 2.14. The normalized spacial score (nSPS) is 32.2. The van der Waals surface area contributed by atoms with Crippen molar-refractivity contribution in [2.45, 2.75) is 19.8 Å². The molecule has 0 aromatic rings. The zero-order valence-corrected chi connectivity index (χ0v) is 6.77. The van der Waals surface area contributed by atoms with Gasteiger partial charge in [-0.05, 0) is 30.4 Å². The molecule has 1 aliphatic carbocycles. The summed E-state index contributed by atoms with van der Waals surface area (Å²) in [7, 11) is 0. The van der Waals surface area contributed by atoms with Crippen LogP contribution in [0.4, 0.5) is 0 Å². The molecule has 1 aliphatic rings. The van der Waals surface area contributed by atoms with Gasteiger partial charge in [-0.3, -0.25) is 4.79 Å². The van der Waals surface area contributed by atoms with E-state index in [9.17, 15) is 4.79 Å². The highest BCUT2D eigenvalue weighted by Gasteiger charge is 2.17. The molecule has 0 aliphatic heterocycles. The van der Waals surface area contributed by atoms with Crippen molar-refractivity contribution in [2.75, 3.05) is 0 Å². The predicted molar refractivity (Wildman–Crippen MR) is 41.9 cm³/mol. The predicted octanol–water partition coefficient (Wildman–Crippen LogP) is 2.35. The summed E-state index contributed by atoms with van der Waals surface area (Å²) >= 11 is 5.31. The van der Waals surface area contributed by atoms with Crippen LogP contribution in [0.25, 0.3) is 0 Å². The van der Waals surface area contributed by atoms with Crippen LogP contribution in [0.15, 0.2) is 12.2 Å². The maximum Gasteiger partial charge on any atom is 0.228 e. The lowest BCUT2D eigenvalue weighted by atomic mass is 9.91. The maximum atomic E-state index is 10.6. The molecule has 0 heterocycles. The average molecular weight is 159 g/mol. The van der Waals surface area contributed by atoms with E-state index in [-0.39, 0.29) is 11.2 Å². The van der Waals surface area contributed by atoms with E-state index in [1.807, 2.05) is 6.08 Å². The van der Waals surface area contributed by atoms with Crippen molar-refractivity contribution in [3.05, 3.63) is 12.2 Å². The van der Waals surface area contributed by atoms with Crippen LogP contribution in [0.5, 0.6) is 0 Å². The third-order valence-corrected chi connectivity index (χ3v) is 2.18. The molecule has 0 radical (unpaired) electrons. The Morgan fingerprint density at radius 2 is 2.20 bits per heavy atom. The molecule has 0 N–H and O–H groups in total. The SMILES string of the molecule is C[C@H]1C=C[C@H](C(=O)Cl)CC1. The van der Waals surface area contributed by atoms with Gasteiger partial charge in [0.05, 0.1) is 5.92 Å². The van der Waals surface area contributed by atoms with Gasteiger partial charge in [-0.15, -0.1) is 0 Å². The van der Waals surface area contributed by atoms with Gasteiger partial charge in [0.2, 0.25) is 5.24 Å². The molecule has 0 spiro atoms. The van der Waals surface area contributed by atoms with Gasteiger partial charge in [0.15, 0.2) is 0 Å². The molecule has 10 heavy (non-hydrogen) atoms. The number of hydrogen-bond donors (Lipinski definition) is 0. The van der Waals surface area contributed by atoms with E-state index in [0.29, 0.717) is 5.92 Å². The summed E-state index contributed by atoms with van der Waals surface area (Å²) in [4.78, 5) is 10.6. The van der Waals surface area contributed by atoms with E-state index in [1.54, 1.807) is 0 Å². The first-order valence-corrected chi connectivity index (χ1v) is 3.95. The second kappa shape index (κ2) is 3.20. The summed E-state index contributed by atoms with van der Waals surface area (Å²) in [6, 6.07) is 0. The fourth-order valence-electron chi connectivity index (χ4n) is 1.15. The maximum absolute atomic E-state index is 10.6. The van der Waals surface area contributed by atoms with E-state index in [2.05, 4.69) is 13.0 Å². The van der Waals surface area contributed by atoms with E-state index in [4.69, 9.17) is 11.6 Å². The summed E-state index contributed by atoms with van der Waals surface area (Å²) in [5.41, 5.74) is 0. The van der Waals surface area contributed by atoms with Crippen LogP contribution in [0, 0.1) is 11.8 Å². The lowest BCUT2D eigenvalue weighted by molar-refractivity contribution is -0.114. The molecule has 56 valence electrons. The van der Waals surface area contributed by atoms with Gasteiger partial charge < -0.3 is 0 Å². The highest BCUT2D eigenvalue weighted by atomic mass is 35.5. The molecule has 0 amide bonds. The molecule has 1 rings (SSSR count). The van der Waals surface area contributed by atoms with E-state index in [0.717, 1.165) is 12.8 Å². The number of halogens is 1. The summed E-state index contributed by atoms with van der Waals surface area (Å²) in [6.07, 6.45) is 5.98.